The second-order valence-corrected chi connectivity index (χ2v) is 6.73. The van der Waals surface area contributed by atoms with Crippen LogP contribution in [0.4, 0.5) is 0 Å². The zero-order valence-corrected chi connectivity index (χ0v) is 15.2. The topological polar surface area (TPSA) is 36.3 Å². The van der Waals surface area contributed by atoms with E-state index in [1.54, 1.807) is 7.11 Å². The van der Waals surface area contributed by atoms with E-state index in [1.165, 1.54) is 3.57 Å². The van der Waals surface area contributed by atoms with E-state index >= 15 is 0 Å². The van der Waals surface area contributed by atoms with E-state index in [-0.39, 0.29) is 5.38 Å². The molecule has 6 heteroatoms. The predicted octanol–water partition coefficient (Wildman–Crippen LogP) is 3.99. The second kappa shape index (κ2) is 8.31. The number of imidazole rings is 1. The molecule has 1 aromatic carbocycles. The number of hydrogen-bond acceptors (Lipinski definition) is 3. The first kappa shape index (κ1) is 17.0. The SMILES string of the molecule is COCCOCCCn1c(C(C)Cl)nc2cc(I)ccc21. The lowest BCUT2D eigenvalue weighted by atomic mass is 10.3. The first-order valence-corrected chi connectivity index (χ1v) is 8.51. The van der Waals surface area contributed by atoms with Crippen LogP contribution < -0.4 is 0 Å². The highest BCUT2D eigenvalue weighted by atomic mass is 127. The zero-order valence-electron chi connectivity index (χ0n) is 12.3. The molecule has 2 aromatic rings. The number of ether oxygens (including phenoxy) is 2. The molecule has 0 aliphatic rings. The summed E-state index contributed by atoms with van der Waals surface area (Å²) in [5, 5.41) is -0.107. The van der Waals surface area contributed by atoms with Crippen LogP contribution in [0.3, 0.4) is 0 Å². The first-order valence-electron chi connectivity index (χ1n) is 7.00. The Kier molecular flexibility index (Phi) is 6.73. The van der Waals surface area contributed by atoms with Gasteiger partial charge in [0.1, 0.15) is 5.82 Å². The summed E-state index contributed by atoms with van der Waals surface area (Å²) in [7, 11) is 1.68. The maximum atomic E-state index is 6.27. The summed E-state index contributed by atoms with van der Waals surface area (Å²) in [5.74, 6) is 0.922. The molecule has 21 heavy (non-hydrogen) atoms. The van der Waals surface area contributed by atoms with E-state index < -0.39 is 0 Å². The molecule has 1 atom stereocenters. The molecule has 0 bridgehead atoms. The molecule has 0 aliphatic heterocycles. The molecule has 0 fully saturated rings. The van der Waals surface area contributed by atoms with Gasteiger partial charge in [0.2, 0.25) is 0 Å². The minimum atomic E-state index is -0.107. The lowest BCUT2D eigenvalue weighted by Gasteiger charge is -2.10. The lowest BCUT2D eigenvalue weighted by Crippen LogP contribution is -2.09. The van der Waals surface area contributed by atoms with Crippen LogP contribution in [0.2, 0.25) is 0 Å². The van der Waals surface area contributed by atoms with Crippen LogP contribution in [0.1, 0.15) is 24.5 Å². The average molecular weight is 423 g/mol. The minimum Gasteiger partial charge on any atom is -0.382 e. The summed E-state index contributed by atoms with van der Waals surface area (Å²) in [5.41, 5.74) is 2.14. The molecular formula is C15H20ClIN2O2. The van der Waals surface area contributed by atoms with E-state index in [0.29, 0.717) is 19.8 Å². The number of hydrogen-bond donors (Lipinski definition) is 0. The van der Waals surface area contributed by atoms with E-state index in [9.17, 15) is 0 Å². The van der Waals surface area contributed by atoms with Crippen LogP contribution in [-0.4, -0.2) is 36.5 Å². The highest BCUT2D eigenvalue weighted by Gasteiger charge is 2.14. The molecule has 1 unspecified atom stereocenters. The smallest absolute Gasteiger partial charge is 0.127 e. The Balaban J connectivity index is 2.08. The number of rotatable bonds is 8. The third kappa shape index (κ3) is 4.55. The van der Waals surface area contributed by atoms with Crippen molar-refractivity contribution in [2.75, 3.05) is 26.9 Å². The summed E-state index contributed by atoms with van der Waals surface area (Å²) >= 11 is 8.57. The lowest BCUT2D eigenvalue weighted by molar-refractivity contribution is 0.0680. The van der Waals surface area contributed by atoms with Gasteiger partial charge in [0, 0.05) is 23.8 Å². The van der Waals surface area contributed by atoms with Gasteiger partial charge in [-0.1, -0.05) is 0 Å². The van der Waals surface area contributed by atoms with Crippen molar-refractivity contribution in [3.8, 4) is 0 Å². The molecule has 0 saturated carbocycles. The Morgan fingerprint density at radius 2 is 2.14 bits per heavy atom. The monoisotopic (exact) mass is 422 g/mol. The van der Waals surface area contributed by atoms with Gasteiger partial charge in [0.25, 0.3) is 0 Å². The zero-order chi connectivity index (χ0) is 15.2. The molecule has 4 nitrogen and oxygen atoms in total. The average Bonchev–Trinajstić information content (AvgIpc) is 2.80. The van der Waals surface area contributed by atoms with Gasteiger partial charge in [0.15, 0.2) is 0 Å². The summed E-state index contributed by atoms with van der Waals surface area (Å²) in [6.07, 6.45) is 0.928. The molecule has 1 heterocycles. The van der Waals surface area contributed by atoms with Crippen molar-refractivity contribution in [1.82, 2.24) is 9.55 Å². The second-order valence-electron chi connectivity index (χ2n) is 4.83. The van der Waals surface area contributed by atoms with Crippen LogP contribution in [0, 0.1) is 3.57 Å². The Hall–Kier alpha value is -0.370. The minimum absolute atomic E-state index is 0.107. The van der Waals surface area contributed by atoms with Crippen molar-refractivity contribution in [2.24, 2.45) is 0 Å². The van der Waals surface area contributed by atoms with Crippen LogP contribution in [0.15, 0.2) is 18.2 Å². The van der Waals surface area contributed by atoms with E-state index in [0.717, 1.165) is 29.8 Å². The first-order chi connectivity index (χ1) is 10.1. The number of halogens is 2. The van der Waals surface area contributed by atoms with Gasteiger partial charge in [-0.2, -0.15) is 0 Å². The largest absolute Gasteiger partial charge is 0.382 e. The van der Waals surface area contributed by atoms with E-state index in [2.05, 4.69) is 50.3 Å². The molecule has 2 rings (SSSR count). The highest BCUT2D eigenvalue weighted by molar-refractivity contribution is 14.1. The van der Waals surface area contributed by atoms with Gasteiger partial charge in [-0.15, -0.1) is 11.6 Å². The summed E-state index contributed by atoms with van der Waals surface area (Å²) in [6, 6.07) is 6.29. The van der Waals surface area contributed by atoms with Crippen molar-refractivity contribution >= 4 is 45.2 Å². The molecular weight excluding hydrogens is 403 g/mol. The van der Waals surface area contributed by atoms with Gasteiger partial charge in [-0.3, -0.25) is 0 Å². The molecule has 1 aromatic heterocycles. The van der Waals surface area contributed by atoms with Crippen molar-refractivity contribution < 1.29 is 9.47 Å². The maximum Gasteiger partial charge on any atom is 0.127 e. The quantitative estimate of drug-likeness (QED) is 0.367. The van der Waals surface area contributed by atoms with Crippen molar-refractivity contribution in [2.45, 2.75) is 25.3 Å². The molecule has 0 spiro atoms. The van der Waals surface area contributed by atoms with Gasteiger partial charge in [-0.25, -0.2) is 4.98 Å². The van der Waals surface area contributed by atoms with Gasteiger partial charge >= 0.3 is 0 Å². The normalized spacial score (nSPS) is 13.0. The Morgan fingerprint density at radius 1 is 1.33 bits per heavy atom. The Labute approximate surface area is 143 Å². The Morgan fingerprint density at radius 3 is 2.86 bits per heavy atom. The van der Waals surface area contributed by atoms with Crippen LogP contribution >= 0.6 is 34.2 Å². The summed E-state index contributed by atoms with van der Waals surface area (Å²) in [6.45, 7) is 4.80. The van der Waals surface area contributed by atoms with Crippen LogP contribution in [-0.2, 0) is 16.0 Å². The molecule has 0 amide bonds. The number of alkyl halides is 1. The molecule has 0 aliphatic carbocycles. The number of benzene rings is 1. The Bertz CT molecular complexity index is 586. The molecule has 116 valence electrons. The summed E-state index contributed by atoms with van der Waals surface area (Å²) < 4.78 is 13.8. The third-order valence-electron chi connectivity index (χ3n) is 3.20. The van der Waals surface area contributed by atoms with Crippen molar-refractivity contribution in [3.05, 3.63) is 27.6 Å². The standard InChI is InChI=1S/C15H20ClIN2O2/c1-11(16)15-18-13-10-12(17)4-5-14(13)19(15)6-3-7-21-9-8-20-2/h4-5,10-11H,3,6-9H2,1-2H3. The fourth-order valence-corrected chi connectivity index (χ4v) is 2.87. The predicted molar refractivity (Wildman–Crippen MR) is 94.0 cm³/mol. The number of nitrogens with zero attached hydrogens (tertiary/aromatic N) is 2. The summed E-state index contributed by atoms with van der Waals surface area (Å²) in [4.78, 5) is 4.67. The third-order valence-corrected chi connectivity index (χ3v) is 4.06. The molecule has 0 saturated heterocycles. The van der Waals surface area contributed by atoms with Crippen LogP contribution in [0.5, 0.6) is 0 Å². The highest BCUT2D eigenvalue weighted by Crippen LogP contribution is 2.26. The van der Waals surface area contributed by atoms with Gasteiger partial charge in [-0.05, 0) is 54.1 Å². The van der Waals surface area contributed by atoms with Crippen molar-refractivity contribution in [3.63, 3.8) is 0 Å². The van der Waals surface area contributed by atoms with Gasteiger partial charge in [0.05, 0.1) is 29.6 Å². The molecule has 0 N–H and O–H groups in total. The number of methoxy groups -OCH3 is 1. The van der Waals surface area contributed by atoms with E-state index in [4.69, 9.17) is 21.1 Å². The maximum absolute atomic E-state index is 6.27. The fourth-order valence-electron chi connectivity index (χ4n) is 2.23. The number of aryl methyl sites for hydroxylation is 1. The molecule has 0 radical (unpaired) electrons. The van der Waals surface area contributed by atoms with Crippen molar-refractivity contribution in [1.29, 1.82) is 0 Å². The van der Waals surface area contributed by atoms with Gasteiger partial charge < -0.3 is 14.0 Å². The number of aromatic nitrogens is 2. The number of fused-ring (bicyclic) bond motifs is 1. The van der Waals surface area contributed by atoms with E-state index in [1.807, 2.05) is 6.92 Å². The van der Waals surface area contributed by atoms with Crippen LogP contribution in [0.25, 0.3) is 11.0 Å². The fraction of sp³-hybridized carbons (Fsp3) is 0.533.